The maximum absolute atomic E-state index is 12.6. The van der Waals surface area contributed by atoms with E-state index in [1.807, 2.05) is 0 Å². The van der Waals surface area contributed by atoms with Gasteiger partial charge in [-0.15, -0.1) is 0 Å². The second-order valence-corrected chi connectivity index (χ2v) is 7.52. The van der Waals surface area contributed by atoms with Crippen LogP contribution in [0.25, 0.3) is 0 Å². The molecule has 0 aromatic rings. The van der Waals surface area contributed by atoms with E-state index in [2.05, 4.69) is 5.16 Å². The molecule has 8 heteroatoms. The largest absolute Gasteiger partial charge is 0.409 e. The van der Waals surface area contributed by atoms with E-state index in [-0.39, 0.29) is 36.3 Å². The van der Waals surface area contributed by atoms with Gasteiger partial charge in [0, 0.05) is 13.1 Å². The van der Waals surface area contributed by atoms with Gasteiger partial charge < -0.3 is 15.8 Å². The van der Waals surface area contributed by atoms with Crippen LogP contribution in [0.5, 0.6) is 0 Å². The third-order valence-corrected chi connectivity index (χ3v) is 5.71. The van der Waals surface area contributed by atoms with Crippen molar-refractivity contribution in [2.24, 2.45) is 16.3 Å². The molecule has 1 aliphatic heterocycles. The second-order valence-electron chi connectivity index (χ2n) is 5.22. The van der Waals surface area contributed by atoms with Gasteiger partial charge in [0.05, 0.1) is 11.5 Å². The number of nitrogens with zero attached hydrogens (tertiary/aromatic N) is 2. The van der Waals surface area contributed by atoms with E-state index in [9.17, 15) is 13.2 Å². The Hall–Kier alpha value is -1.31. The predicted octanol–water partition coefficient (Wildman–Crippen LogP) is -0.450. The van der Waals surface area contributed by atoms with E-state index >= 15 is 0 Å². The Bertz CT molecular complexity index is 480. The zero-order valence-corrected chi connectivity index (χ0v) is 11.5. The van der Waals surface area contributed by atoms with Gasteiger partial charge in [0.15, 0.2) is 15.7 Å². The number of carbonyl (C=O) groups is 1. The molecule has 0 spiro atoms. The van der Waals surface area contributed by atoms with Crippen molar-refractivity contribution in [2.75, 3.05) is 24.6 Å². The third kappa shape index (κ3) is 2.54. The molecule has 19 heavy (non-hydrogen) atoms. The van der Waals surface area contributed by atoms with Crippen LogP contribution in [-0.4, -0.2) is 54.9 Å². The molecule has 7 nitrogen and oxygen atoms in total. The molecular formula is C11H19N3O4S. The number of rotatable bonds is 2. The van der Waals surface area contributed by atoms with E-state index in [0.29, 0.717) is 12.8 Å². The van der Waals surface area contributed by atoms with Crippen molar-refractivity contribution in [3.05, 3.63) is 0 Å². The van der Waals surface area contributed by atoms with E-state index in [4.69, 9.17) is 10.9 Å². The molecule has 2 fully saturated rings. The summed E-state index contributed by atoms with van der Waals surface area (Å²) >= 11 is 0. The maximum Gasteiger partial charge on any atom is 0.236 e. The Balaban J connectivity index is 2.18. The van der Waals surface area contributed by atoms with Crippen LogP contribution in [0.1, 0.15) is 25.7 Å². The van der Waals surface area contributed by atoms with Crippen molar-refractivity contribution in [3.8, 4) is 0 Å². The Morgan fingerprint density at radius 1 is 1.21 bits per heavy atom. The van der Waals surface area contributed by atoms with E-state index in [0.717, 1.165) is 12.8 Å². The molecule has 0 atom stereocenters. The standard InChI is InChI=1S/C11H19N3O4S/c12-9(13-16)11(3-1-2-4-11)10(15)14-5-7-19(17,18)8-6-14/h16H,1-8H2,(H2,12,13). The lowest BCUT2D eigenvalue weighted by atomic mass is 9.83. The minimum atomic E-state index is -3.02. The Morgan fingerprint density at radius 3 is 2.21 bits per heavy atom. The highest BCUT2D eigenvalue weighted by molar-refractivity contribution is 7.91. The van der Waals surface area contributed by atoms with E-state index in [1.165, 1.54) is 4.90 Å². The molecular weight excluding hydrogens is 270 g/mol. The molecule has 0 unspecified atom stereocenters. The Labute approximate surface area is 112 Å². The number of hydrogen-bond acceptors (Lipinski definition) is 5. The molecule has 2 aliphatic rings. The van der Waals surface area contributed by atoms with Crippen molar-refractivity contribution < 1.29 is 18.4 Å². The SMILES string of the molecule is NC(=NO)C1(C(=O)N2CCS(=O)(=O)CC2)CCCC1. The minimum absolute atomic E-state index is 0.00894. The number of hydrogen-bond donors (Lipinski definition) is 2. The fraction of sp³-hybridized carbons (Fsp3) is 0.818. The number of amidine groups is 1. The summed E-state index contributed by atoms with van der Waals surface area (Å²) in [6.07, 6.45) is 2.83. The fourth-order valence-corrected chi connectivity index (χ4v) is 4.07. The van der Waals surface area contributed by atoms with Crippen molar-refractivity contribution in [3.63, 3.8) is 0 Å². The molecule has 2 rings (SSSR count). The van der Waals surface area contributed by atoms with Crippen molar-refractivity contribution in [2.45, 2.75) is 25.7 Å². The average molecular weight is 289 g/mol. The normalized spacial score (nSPS) is 26.3. The van der Waals surface area contributed by atoms with Gasteiger partial charge in [-0.25, -0.2) is 8.42 Å². The summed E-state index contributed by atoms with van der Waals surface area (Å²) in [6.45, 7) is 0.392. The highest BCUT2D eigenvalue weighted by Crippen LogP contribution is 2.40. The third-order valence-electron chi connectivity index (χ3n) is 4.10. The summed E-state index contributed by atoms with van der Waals surface area (Å²) in [5.41, 5.74) is 4.77. The van der Waals surface area contributed by atoms with Crippen molar-refractivity contribution in [1.82, 2.24) is 4.90 Å². The van der Waals surface area contributed by atoms with Crippen molar-refractivity contribution >= 4 is 21.6 Å². The van der Waals surface area contributed by atoms with Crippen LogP contribution in [0.4, 0.5) is 0 Å². The quantitative estimate of drug-likeness (QED) is 0.309. The molecule has 3 N–H and O–H groups in total. The summed E-state index contributed by atoms with van der Waals surface area (Å²) in [5, 5.41) is 11.9. The molecule has 1 amide bonds. The molecule has 1 saturated heterocycles. The minimum Gasteiger partial charge on any atom is -0.409 e. The average Bonchev–Trinajstić information content (AvgIpc) is 2.87. The lowest BCUT2D eigenvalue weighted by Gasteiger charge is -2.35. The number of nitrogens with two attached hydrogens (primary N) is 1. The lowest BCUT2D eigenvalue weighted by molar-refractivity contribution is -0.137. The zero-order chi connectivity index (χ0) is 14.1. The van der Waals surface area contributed by atoms with Gasteiger partial charge in [-0.05, 0) is 12.8 Å². The zero-order valence-electron chi connectivity index (χ0n) is 10.7. The Kier molecular flexibility index (Phi) is 3.71. The van der Waals surface area contributed by atoms with Gasteiger partial charge in [0.2, 0.25) is 5.91 Å². The molecule has 108 valence electrons. The summed E-state index contributed by atoms with van der Waals surface area (Å²) in [5.74, 6) is -0.269. The summed E-state index contributed by atoms with van der Waals surface area (Å²) < 4.78 is 22.8. The maximum atomic E-state index is 12.6. The molecule has 0 bridgehead atoms. The van der Waals surface area contributed by atoms with Crippen LogP contribution < -0.4 is 5.73 Å². The molecule has 1 saturated carbocycles. The first-order valence-corrected chi connectivity index (χ1v) is 8.21. The first-order valence-electron chi connectivity index (χ1n) is 6.39. The molecule has 0 aromatic carbocycles. The number of carbonyl (C=O) groups excluding carboxylic acids is 1. The first-order chi connectivity index (χ1) is 8.91. The number of sulfone groups is 1. The molecule has 0 radical (unpaired) electrons. The van der Waals surface area contributed by atoms with Gasteiger partial charge in [0.1, 0.15) is 5.41 Å². The van der Waals surface area contributed by atoms with Crippen LogP contribution in [0.15, 0.2) is 5.16 Å². The smallest absolute Gasteiger partial charge is 0.236 e. The second kappa shape index (κ2) is 4.99. The van der Waals surface area contributed by atoms with Crippen LogP contribution in [0.3, 0.4) is 0 Å². The summed E-state index contributed by atoms with van der Waals surface area (Å²) in [6, 6.07) is 0. The highest BCUT2D eigenvalue weighted by atomic mass is 32.2. The topological polar surface area (TPSA) is 113 Å². The Morgan fingerprint density at radius 2 is 1.74 bits per heavy atom. The number of amides is 1. The highest BCUT2D eigenvalue weighted by Gasteiger charge is 2.48. The summed E-state index contributed by atoms with van der Waals surface area (Å²) in [4.78, 5) is 14.1. The van der Waals surface area contributed by atoms with Gasteiger partial charge in [-0.1, -0.05) is 18.0 Å². The summed E-state index contributed by atoms with van der Waals surface area (Å²) in [7, 11) is -3.02. The van der Waals surface area contributed by atoms with Gasteiger partial charge in [-0.2, -0.15) is 0 Å². The van der Waals surface area contributed by atoms with E-state index < -0.39 is 15.3 Å². The molecule has 1 aliphatic carbocycles. The molecule has 0 aromatic heterocycles. The van der Waals surface area contributed by atoms with Crippen LogP contribution in [0, 0.1) is 5.41 Å². The fourth-order valence-electron chi connectivity index (χ4n) is 2.87. The monoisotopic (exact) mass is 289 g/mol. The lowest BCUT2D eigenvalue weighted by Crippen LogP contribution is -2.54. The van der Waals surface area contributed by atoms with Gasteiger partial charge >= 0.3 is 0 Å². The van der Waals surface area contributed by atoms with E-state index in [1.54, 1.807) is 0 Å². The van der Waals surface area contributed by atoms with Gasteiger partial charge in [0.25, 0.3) is 0 Å². The van der Waals surface area contributed by atoms with Crippen molar-refractivity contribution in [1.29, 1.82) is 0 Å². The van der Waals surface area contributed by atoms with Crippen LogP contribution >= 0.6 is 0 Å². The predicted molar refractivity (Wildman–Crippen MR) is 69.5 cm³/mol. The molecule has 1 heterocycles. The van der Waals surface area contributed by atoms with Gasteiger partial charge in [-0.3, -0.25) is 4.79 Å². The number of oxime groups is 1. The first kappa shape index (κ1) is 14.1. The van der Waals surface area contributed by atoms with Crippen LogP contribution in [0.2, 0.25) is 0 Å². The van der Waals surface area contributed by atoms with Crippen LogP contribution in [-0.2, 0) is 14.6 Å².